The SMILES string of the molecule is CC(=O)N(CC(C)C)C[C@H]1CN(Cc2ccc(C)o2)C[C@H]1c1ccccc1. The Bertz CT molecular complexity index is 738. The minimum atomic E-state index is 0.177. The molecule has 0 bridgehead atoms. The number of benzene rings is 1. The fraction of sp³-hybridized carbons (Fsp3) is 0.522. The van der Waals surface area contributed by atoms with E-state index in [0.29, 0.717) is 17.8 Å². The van der Waals surface area contributed by atoms with E-state index in [4.69, 9.17) is 4.42 Å². The van der Waals surface area contributed by atoms with E-state index in [2.05, 4.69) is 55.1 Å². The van der Waals surface area contributed by atoms with Crippen LogP contribution >= 0.6 is 0 Å². The van der Waals surface area contributed by atoms with Gasteiger partial charge in [0.15, 0.2) is 0 Å². The van der Waals surface area contributed by atoms with Crippen LogP contribution in [0.1, 0.15) is 43.8 Å². The summed E-state index contributed by atoms with van der Waals surface area (Å²) in [5, 5.41) is 0. The molecule has 0 radical (unpaired) electrons. The van der Waals surface area contributed by atoms with Crippen molar-refractivity contribution in [3.63, 3.8) is 0 Å². The lowest BCUT2D eigenvalue weighted by atomic mass is 9.88. The van der Waals surface area contributed by atoms with E-state index in [1.54, 1.807) is 6.92 Å². The molecule has 2 aromatic rings. The Morgan fingerprint density at radius 1 is 1.19 bits per heavy atom. The van der Waals surface area contributed by atoms with Crippen LogP contribution in [-0.4, -0.2) is 41.9 Å². The van der Waals surface area contributed by atoms with Gasteiger partial charge in [-0.15, -0.1) is 0 Å². The Hall–Kier alpha value is -2.07. The predicted octanol–water partition coefficient (Wildman–Crippen LogP) is 4.31. The molecule has 1 aromatic carbocycles. The molecule has 1 aliphatic heterocycles. The molecule has 3 rings (SSSR count). The summed E-state index contributed by atoms with van der Waals surface area (Å²) in [6.45, 7) is 12.5. The van der Waals surface area contributed by atoms with Crippen molar-refractivity contribution in [3.05, 3.63) is 59.5 Å². The summed E-state index contributed by atoms with van der Waals surface area (Å²) >= 11 is 0. The average molecular weight is 369 g/mol. The standard InChI is InChI=1S/C23H32N2O2/c1-17(2)12-25(19(4)26)14-21-13-24(15-22-11-10-18(3)27-22)16-23(21)20-8-6-5-7-9-20/h5-11,17,21,23H,12-16H2,1-4H3/t21-,23+/m1/s1. The third kappa shape index (κ3) is 5.23. The molecule has 1 saturated heterocycles. The van der Waals surface area contributed by atoms with Gasteiger partial charge in [-0.3, -0.25) is 9.69 Å². The van der Waals surface area contributed by atoms with Crippen molar-refractivity contribution in [2.24, 2.45) is 11.8 Å². The minimum absolute atomic E-state index is 0.177. The third-order valence-corrected chi connectivity index (χ3v) is 5.41. The highest BCUT2D eigenvalue weighted by Gasteiger charge is 2.35. The van der Waals surface area contributed by atoms with Gasteiger partial charge in [0, 0.05) is 39.0 Å². The van der Waals surface area contributed by atoms with Crippen LogP contribution in [0.4, 0.5) is 0 Å². The smallest absolute Gasteiger partial charge is 0.219 e. The van der Waals surface area contributed by atoms with Crippen LogP contribution in [0.3, 0.4) is 0 Å². The highest BCUT2D eigenvalue weighted by molar-refractivity contribution is 5.73. The summed E-state index contributed by atoms with van der Waals surface area (Å²) in [4.78, 5) is 16.7. The van der Waals surface area contributed by atoms with Crippen molar-refractivity contribution in [1.82, 2.24) is 9.80 Å². The minimum Gasteiger partial charge on any atom is -0.465 e. The molecule has 0 spiro atoms. The molecule has 27 heavy (non-hydrogen) atoms. The Morgan fingerprint density at radius 3 is 2.52 bits per heavy atom. The molecule has 2 heterocycles. The molecule has 0 unspecified atom stereocenters. The quantitative estimate of drug-likeness (QED) is 0.731. The zero-order valence-electron chi connectivity index (χ0n) is 17.0. The molecule has 4 heteroatoms. The molecule has 1 aromatic heterocycles. The van der Waals surface area contributed by atoms with E-state index in [9.17, 15) is 4.79 Å². The molecule has 146 valence electrons. The van der Waals surface area contributed by atoms with Gasteiger partial charge in [-0.25, -0.2) is 0 Å². The molecule has 0 N–H and O–H groups in total. The molecular formula is C23H32N2O2. The second kappa shape index (κ2) is 8.75. The maximum absolute atomic E-state index is 12.2. The summed E-state index contributed by atoms with van der Waals surface area (Å²) in [5.41, 5.74) is 1.37. The van der Waals surface area contributed by atoms with Crippen molar-refractivity contribution in [3.8, 4) is 0 Å². The number of rotatable bonds is 7. The lowest BCUT2D eigenvalue weighted by Crippen LogP contribution is -2.38. The average Bonchev–Trinajstić information content (AvgIpc) is 3.21. The monoisotopic (exact) mass is 368 g/mol. The number of likely N-dealkylation sites (tertiary alicyclic amines) is 1. The fourth-order valence-electron chi connectivity index (χ4n) is 4.20. The van der Waals surface area contributed by atoms with E-state index in [1.807, 2.05) is 17.9 Å². The van der Waals surface area contributed by atoms with E-state index in [-0.39, 0.29) is 5.91 Å². The van der Waals surface area contributed by atoms with Gasteiger partial charge in [0.05, 0.1) is 6.54 Å². The van der Waals surface area contributed by atoms with Crippen molar-refractivity contribution >= 4 is 5.91 Å². The van der Waals surface area contributed by atoms with Gasteiger partial charge in [0.2, 0.25) is 5.91 Å². The molecule has 1 amide bonds. The number of hydrogen-bond donors (Lipinski definition) is 0. The zero-order chi connectivity index (χ0) is 19.4. The lowest BCUT2D eigenvalue weighted by molar-refractivity contribution is -0.130. The first-order valence-electron chi connectivity index (χ1n) is 10.0. The summed E-state index contributed by atoms with van der Waals surface area (Å²) in [5.74, 6) is 3.51. The highest BCUT2D eigenvalue weighted by atomic mass is 16.3. The number of hydrogen-bond acceptors (Lipinski definition) is 3. The van der Waals surface area contributed by atoms with Crippen LogP contribution in [-0.2, 0) is 11.3 Å². The molecule has 4 nitrogen and oxygen atoms in total. The van der Waals surface area contributed by atoms with Crippen LogP contribution < -0.4 is 0 Å². The first kappa shape index (κ1) is 19.7. The topological polar surface area (TPSA) is 36.7 Å². The maximum atomic E-state index is 12.2. The van der Waals surface area contributed by atoms with Gasteiger partial charge in [-0.2, -0.15) is 0 Å². The number of amides is 1. The van der Waals surface area contributed by atoms with Crippen molar-refractivity contribution < 1.29 is 9.21 Å². The Morgan fingerprint density at radius 2 is 1.93 bits per heavy atom. The van der Waals surface area contributed by atoms with Crippen LogP contribution in [0.2, 0.25) is 0 Å². The summed E-state index contributed by atoms with van der Waals surface area (Å²) in [6, 6.07) is 14.8. The first-order valence-corrected chi connectivity index (χ1v) is 10.0. The Kier molecular flexibility index (Phi) is 6.38. The summed E-state index contributed by atoms with van der Waals surface area (Å²) in [6.07, 6.45) is 0. The molecular weight excluding hydrogens is 336 g/mol. The normalized spacial score (nSPS) is 20.3. The van der Waals surface area contributed by atoms with E-state index < -0.39 is 0 Å². The van der Waals surface area contributed by atoms with E-state index >= 15 is 0 Å². The van der Waals surface area contributed by atoms with Gasteiger partial charge < -0.3 is 9.32 Å². The van der Waals surface area contributed by atoms with Crippen molar-refractivity contribution in [2.45, 2.75) is 40.2 Å². The number of aryl methyl sites for hydroxylation is 1. The fourth-order valence-corrected chi connectivity index (χ4v) is 4.20. The number of furan rings is 1. The largest absolute Gasteiger partial charge is 0.465 e. The van der Waals surface area contributed by atoms with Gasteiger partial charge >= 0.3 is 0 Å². The molecule has 0 saturated carbocycles. The van der Waals surface area contributed by atoms with E-state index in [0.717, 1.165) is 44.2 Å². The number of nitrogens with zero attached hydrogens (tertiary/aromatic N) is 2. The lowest BCUT2D eigenvalue weighted by Gasteiger charge is -2.29. The summed E-state index contributed by atoms with van der Waals surface area (Å²) < 4.78 is 5.79. The third-order valence-electron chi connectivity index (χ3n) is 5.41. The molecule has 2 atom stereocenters. The van der Waals surface area contributed by atoms with Crippen LogP contribution in [0, 0.1) is 18.8 Å². The number of carbonyl (C=O) groups is 1. The van der Waals surface area contributed by atoms with E-state index in [1.165, 1.54) is 5.56 Å². The molecule has 1 fully saturated rings. The van der Waals surface area contributed by atoms with Crippen LogP contribution in [0.15, 0.2) is 46.9 Å². The zero-order valence-corrected chi connectivity index (χ0v) is 17.0. The second-order valence-corrected chi connectivity index (χ2v) is 8.30. The molecule has 1 aliphatic rings. The first-order chi connectivity index (χ1) is 12.9. The van der Waals surface area contributed by atoms with Crippen molar-refractivity contribution in [1.29, 1.82) is 0 Å². The summed E-state index contributed by atoms with van der Waals surface area (Å²) in [7, 11) is 0. The predicted molar refractivity (Wildman–Crippen MR) is 108 cm³/mol. The number of carbonyl (C=O) groups excluding carboxylic acids is 1. The van der Waals surface area contributed by atoms with Gasteiger partial charge in [-0.1, -0.05) is 44.2 Å². The van der Waals surface area contributed by atoms with Crippen LogP contribution in [0.5, 0.6) is 0 Å². The van der Waals surface area contributed by atoms with Gasteiger partial charge in [-0.05, 0) is 36.5 Å². The Labute approximate surface area is 163 Å². The Balaban J connectivity index is 1.76. The van der Waals surface area contributed by atoms with Crippen molar-refractivity contribution in [2.75, 3.05) is 26.2 Å². The maximum Gasteiger partial charge on any atom is 0.219 e. The van der Waals surface area contributed by atoms with Gasteiger partial charge in [0.1, 0.15) is 11.5 Å². The highest BCUT2D eigenvalue weighted by Crippen LogP contribution is 2.34. The molecule has 0 aliphatic carbocycles. The van der Waals surface area contributed by atoms with Crippen LogP contribution in [0.25, 0.3) is 0 Å². The van der Waals surface area contributed by atoms with Gasteiger partial charge in [0.25, 0.3) is 0 Å². The second-order valence-electron chi connectivity index (χ2n) is 8.30.